The van der Waals surface area contributed by atoms with E-state index in [2.05, 4.69) is 20.8 Å². The molecule has 0 bridgehead atoms. The predicted octanol–water partition coefficient (Wildman–Crippen LogP) is 6.75. The van der Waals surface area contributed by atoms with E-state index in [9.17, 15) is 9.18 Å². The van der Waals surface area contributed by atoms with Crippen molar-refractivity contribution in [2.45, 2.75) is 75.7 Å². The molecule has 0 heterocycles. The second-order valence-electron chi connectivity index (χ2n) is 5.82. The van der Waals surface area contributed by atoms with E-state index < -0.39 is 0 Å². The van der Waals surface area contributed by atoms with E-state index in [1.54, 1.807) is 19.9 Å². The molecule has 0 aliphatic carbocycles. The maximum atomic E-state index is 12.5. The number of rotatable bonds is 2. The fourth-order valence-corrected chi connectivity index (χ4v) is 0.795. The first-order chi connectivity index (χ1) is 10.1. The van der Waals surface area contributed by atoms with Crippen molar-refractivity contribution >= 4 is 5.78 Å². The number of aryl methyl sites for hydroxylation is 2. The SMILES string of the molecule is CC.CC(=O)C(C)C.CCC(C)C.Cc1ccc(F)c(C)c1. The van der Waals surface area contributed by atoms with Gasteiger partial charge in [0.2, 0.25) is 0 Å². The Bertz CT molecular complexity index is 381. The second-order valence-corrected chi connectivity index (χ2v) is 5.82. The lowest BCUT2D eigenvalue weighted by atomic mass is 10.1. The van der Waals surface area contributed by atoms with Crippen LogP contribution in [0.5, 0.6) is 0 Å². The van der Waals surface area contributed by atoms with Gasteiger partial charge in [-0.05, 0) is 38.3 Å². The molecular formula is C20H37FO. The number of halogens is 1. The Kier molecular flexibility index (Phi) is 19.0. The van der Waals surface area contributed by atoms with Crippen LogP contribution in [0.3, 0.4) is 0 Å². The van der Waals surface area contributed by atoms with Gasteiger partial charge in [-0.3, -0.25) is 4.79 Å². The van der Waals surface area contributed by atoms with Gasteiger partial charge in [-0.15, -0.1) is 0 Å². The summed E-state index contributed by atoms with van der Waals surface area (Å²) in [6, 6.07) is 5.09. The van der Waals surface area contributed by atoms with Crippen LogP contribution in [0.25, 0.3) is 0 Å². The van der Waals surface area contributed by atoms with Gasteiger partial charge in [0.1, 0.15) is 11.6 Å². The molecule has 0 unspecified atom stereocenters. The Morgan fingerprint density at radius 3 is 1.64 bits per heavy atom. The van der Waals surface area contributed by atoms with E-state index in [0.717, 1.165) is 17.0 Å². The summed E-state index contributed by atoms with van der Waals surface area (Å²) in [5.41, 5.74) is 1.82. The minimum absolute atomic E-state index is 0.124. The molecule has 0 spiro atoms. The molecule has 0 fully saturated rings. The molecule has 0 aliphatic heterocycles. The molecule has 22 heavy (non-hydrogen) atoms. The first-order valence-corrected chi connectivity index (χ1v) is 8.34. The number of benzene rings is 1. The number of Topliss-reactive ketones (excluding diaryl/α,β-unsaturated/α-hetero) is 1. The van der Waals surface area contributed by atoms with Crippen LogP contribution in [-0.2, 0) is 4.79 Å². The van der Waals surface area contributed by atoms with Gasteiger partial charge in [0.15, 0.2) is 0 Å². The third kappa shape index (κ3) is 18.8. The zero-order valence-corrected chi connectivity index (χ0v) is 16.4. The highest BCUT2D eigenvalue weighted by Crippen LogP contribution is 2.07. The molecule has 1 nitrogen and oxygen atoms in total. The number of hydrogen-bond acceptors (Lipinski definition) is 1. The van der Waals surface area contributed by atoms with Crippen LogP contribution < -0.4 is 0 Å². The molecule has 0 amide bonds. The fraction of sp³-hybridized carbons (Fsp3) is 0.650. The molecule has 0 radical (unpaired) electrons. The van der Waals surface area contributed by atoms with Crippen LogP contribution >= 0.6 is 0 Å². The molecule has 1 aromatic carbocycles. The van der Waals surface area contributed by atoms with Crippen molar-refractivity contribution in [1.82, 2.24) is 0 Å². The lowest BCUT2D eigenvalue weighted by Crippen LogP contribution is -1.98. The van der Waals surface area contributed by atoms with Crippen molar-refractivity contribution in [3.63, 3.8) is 0 Å². The van der Waals surface area contributed by atoms with Crippen molar-refractivity contribution in [1.29, 1.82) is 0 Å². The summed E-state index contributed by atoms with van der Waals surface area (Å²) in [6.45, 7) is 19.7. The summed E-state index contributed by atoms with van der Waals surface area (Å²) in [5.74, 6) is 1.23. The molecule has 0 saturated carbocycles. The van der Waals surface area contributed by atoms with Crippen LogP contribution in [0, 0.1) is 31.5 Å². The lowest BCUT2D eigenvalue weighted by Gasteiger charge is -1.95. The van der Waals surface area contributed by atoms with E-state index in [-0.39, 0.29) is 17.5 Å². The van der Waals surface area contributed by atoms with Gasteiger partial charge in [-0.25, -0.2) is 4.39 Å². The summed E-state index contributed by atoms with van der Waals surface area (Å²) < 4.78 is 12.5. The molecule has 1 rings (SSSR count). The molecule has 0 aliphatic rings. The fourth-order valence-electron chi connectivity index (χ4n) is 0.795. The number of hydrogen-bond donors (Lipinski definition) is 0. The first-order valence-electron chi connectivity index (χ1n) is 8.34. The van der Waals surface area contributed by atoms with Gasteiger partial charge >= 0.3 is 0 Å². The lowest BCUT2D eigenvalue weighted by molar-refractivity contribution is -0.119. The average Bonchev–Trinajstić information content (AvgIpc) is 2.46. The topological polar surface area (TPSA) is 17.1 Å². The minimum atomic E-state index is -0.124. The van der Waals surface area contributed by atoms with E-state index in [1.165, 1.54) is 12.5 Å². The summed E-state index contributed by atoms with van der Waals surface area (Å²) in [6.07, 6.45) is 1.31. The van der Waals surface area contributed by atoms with Gasteiger partial charge in [0.05, 0.1) is 0 Å². The summed E-state index contributed by atoms with van der Waals surface area (Å²) in [4.78, 5) is 10.1. The van der Waals surface area contributed by atoms with Crippen LogP contribution in [0.4, 0.5) is 4.39 Å². The van der Waals surface area contributed by atoms with E-state index in [1.807, 2.05) is 40.7 Å². The molecule has 0 aromatic heterocycles. The van der Waals surface area contributed by atoms with Crippen molar-refractivity contribution < 1.29 is 9.18 Å². The third-order valence-corrected chi connectivity index (χ3v) is 2.94. The smallest absolute Gasteiger partial charge is 0.132 e. The van der Waals surface area contributed by atoms with Gasteiger partial charge in [-0.2, -0.15) is 0 Å². The van der Waals surface area contributed by atoms with E-state index >= 15 is 0 Å². The van der Waals surface area contributed by atoms with Crippen LogP contribution in [-0.4, -0.2) is 5.78 Å². The second kappa shape index (κ2) is 16.2. The molecule has 0 N–H and O–H groups in total. The van der Waals surface area contributed by atoms with Crippen LogP contribution in [0.2, 0.25) is 0 Å². The van der Waals surface area contributed by atoms with Gasteiger partial charge in [0.25, 0.3) is 0 Å². The normalized spacial score (nSPS) is 8.95. The zero-order chi connectivity index (χ0) is 18.3. The Balaban J connectivity index is -0.000000245. The predicted molar refractivity (Wildman–Crippen MR) is 97.9 cm³/mol. The van der Waals surface area contributed by atoms with Gasteiger partial charge in [0, 0.05) is 5.92 Å². The maximum absolute atomic E-state index is 12.5. The van der Waals surface area contributed by atoms with Crippen LogP contribution in [0.15, 0.2) is 18.2 Å². The molecule has 130 valence electrons. The van der Waals surface area contributed by atoms with Crippen molar-refractivity contribution in [3.8, 4) is 0 Å². The quantitative estimate of drug-likeness (QED) is 0.590. The number of carbonyl (C=O) groups excluding carboxylic acids is 1. The van der Waals surface area contributed by atoms with Crippen LogP contribution in [0.1, 0.15) is 72.9 Å². The summed E-state index contributed by atoms with van der Waals surface area (Å²) >= 11 is 0. The largest absolute Gasteiger partial charge is 0.300 e. The third-order valence-electron chi connectivity index (χ3n) is 2.94. The standard InChI is InChI=1S/C8H9F.C5H10O.C5H12.C2H6/c1-6-3-4-8(9)7(2)5-6;1-4(2)5(3)6;1-4-5(2)3;1-2/h3-5H,1-2H3;4H,1-3H3;5H,4H2,1-3H3;1-2H3. The highest BCUT2D eigenvalue weighted by Gasteiger charge is 1.95. The maximum Gasteiger partial charge on any atom is 0.132 e. The molecule has 2 heteroatoms. The highest BCUT2D eigenvalue weighted by molar-refractivity contribution is 5.77. The van der Waals surface area contributed by atoms with Crippen molar-refractivity contribution in [2.75, 3.05) is 0 Å². The van der Waals surface area contributed by atoms with Crippen molar-refractivity contribution in [2.24, 2.45) is 11.8 Å². The summed E-state index contributed by atoms with van der Waals surface area (Å²) in [5, 5.41) is 0. The van der Waals surface area contributed by atoms with E-state index in [4.69, 9.17) is 0 Å². The Hall–Kier alpha value is -1.18. The molecule has 1 aromatic rings. The monoisotopic (exact) mass is 312 g/mol. The first kappa shape index (κ1) is 25.8. The van der Waals surface area contributed by atoms with Gasteiger partial charge < -0.3 is 0 Å². The number of carbonyl (C=O) groups is 1. The summed E-state index contributed by atoms with van der Waals surface area (Å²) in [7, 11) is 0. The minimum Gasteiger partial charge on any atom is -0.300 e. The Morgan fingerprint density at radius 2 is 1.45 bits per heavy atom. The number of ketones is 1. The average molecular weight is 313 g/mol. The molecular weight excluding hydrogens is 275 g/mol. The van der Waals surface area contributed by atoms with Crippen molar-refractivity contribution in [3.05, 3.63) is 35.1 Å². The van der Waals surface area contributed by atoms with Gasteiger partial charge in [-0.1, -0.05) is 72.6 Å². The Labute approximate surface area is 138 Å². The zero-order valence-electron chi connectivity index (χ0n) is 16.4. The Morgan fingerprint density at radius 1 is 1.09 bits per heavy atom. The molecule has 0 saturated heterocycles. The highest BCUT2D eigenvalue weighted by atomic mass is 19.1. The van der Waals surface area contributed by atoms with E-state index in [0.29, 0.717) is 0 Å². The molecule has 0 atom stereocenters.